The van der Waals surface area contributed by atoms with E-state index in [0.717, 1.165) is 0 Å². The lowest BCUT2D eigenvalue weighted by atomic mass is 10.1. The van der Waals surface area contributed by atoms with Crippen molar-refractivity contribution < 1.29 is 13.5 Å². The zero-order valence-corrected chi connectivity index (χ0v) is 12.1. The Morgan fingerprint density at radius 1 is 1.22 bits per heavy atom. The van der Waals surface area contributed by atoms with Gasteiger partial charge in [0.05, 0.1) is 11.9 Å². The molecule has 1 N–H and O–H groups in total. The number of hydrogen-bond acceptors (Lipinski definition) is 3. The smallest absolute Gasteiger partial charge is 0.251 e. The van der Waals surface area contributed by atoms with E-state index >= 15 is 0 Å². The lowest BCUT2D eigenvalue weighted by Crippen LogP contribution is -2.59. The lowest BCUT2D eigenvalue weighted by Gasteiger charge is -2.47. The third kappa shape index (κ3) is 2.25. The highest BCUT2D eigenvalue weighted by atomic mass is 31.2. The molecule has 3 nitrogen and oxygen atoms in total. The molecule has 1 aromatic carbocycles. The quantitative estimate of drug-likeness (QED) is 0.798. The fraction of sp³-hybridized carbons (Fsp3) is 0.538. The minimum atomic E-state index is -3.05. The Hall–Kier alpha value is -0.700. The summed E-state index contributed by atoms with van der Waals surface area (Å²) in [7, 11) is -3.05. The van der Waals surface area contributed by atoms with Crippen molar-refractivity contribution in [1.29, 1.82) is 0 Å². The fourth-order valence-corrected chi connectivity index (χ4v) is 5.00. The SMILES string of the molecule is CC1(C)COP(=O)(c2ccc(F)cc2)C(C)(C)N1. The minimum Gasteiger partial charge on any atom is -0.322 e. The molecule has 1 heterocycles. The molecular weight excluding hydrogens is 252 g/mol. The average Bonchev–Trinajstić information content (AvgIpc) is 2.24. The highest BCUT2D eigenvalue weighted by molar-refractivity contribution is 7.68. The highest BCUT2D eigenvalue weighted by Crippen LogP contribution is 2.59. The molecule has 18 heavy (non-hydrogen) atoms. The predicted molar refractivity (Wildman–Crippen MR) is 70.9 cm³/mol. The van der Waals surface area contributed by atoms with E-state index in [1.165, 1.54) is 24.3 Å². The molecule has 0 aliphatic carbocycles. The van der Waals surface area contributed by atoms with Crippen molar-refractivity contribution in [3.8, 4) is 0 Å². The van der Waals surface area contributed by atoms with Crippen LogP contribution in [-0.4, -0.2) is 17.4 Å². The Morgan fingerprint density at radius 3 is 2.28 bits per heavy atom. The molecule has 1 fully saturated rings. The van der Waals surface area contributed by atoms with Gasteiger partial charge in [0, 0.05) is 10.8 Å². The first kappa shape index (κ1) is 13.7. The monoisotopic (exact) mass is 271 g/mol. The van der Waals surface area contributed by atoms with Gasteiger partial charge in [-0.1, -0.05) is 0 Å². The van der Waals surface area contributed by atoms with Crippen LogP contribution in [0, 0.1) is 5.82 Å². The Labute approximate surface area is 107 Å². The van der Waals surface area contributed by atoms with Gasteiger partial charge in [0.25, 0.3) is 7.37 Å². The van der Waals surface area contributed by atoms with Crippen molar-refractivity contribution in [2.45, 2.75) is 38.5 Å². The van der Waals surface area contributed by atoms with Gasteiger partial charge >= 0.3 is 0 Å². The zero-order chi connectivity index (χ0) is 13.6. The molecule has 0 saturated carbocycles. The summed E-state index contributed by atoms with van der Waals surface area (Å²) in [5.41, 5.74) is -0.225. The van der Waals surface area contributed by atoms with Crippen molar-refractivity contribution in [3.63, 3.8) is 0 Å². The normalized spacial score (nSPS) is 30.1. The summed E-state index contributed by atoms with van der Waals surface area (Å²) in [6, 6.07) is 5.71. The van der Waals surface area contributed by atoms with Gasteiger partial charge in [0.1, 0.15) is 5.82 Å². The molecule has 5 heteroatoms. The molecule has 0 radical (unpaired) electrons. The third-order valence-corrected chi connectivity index (χ3v) is 6.21. The van der Waals surface area contributed by atoms with Gasteiger partial charge in [-0.25, -0.2) is 4.39 Å². The van der Waals surface area contributed by atoms with Gasteiger partial charge in [-0.15, -0.1) is 0 Å². The first-order valence-electron chi connectivity index (χ1n) is 5.96. The Bertz CT molecular complexity index is 496. The Balaban J connectivity index is 2.42. The van der Waals surface area contributed by atoms with Crippen LogP contribution in [0.4, 0.5) is 4.39 Å². The van der Waals surface area contributed by atoms with E-state index in [1.54, 1.807) is 0 Å². The minimum absolute atomic E-state index is 0.225. The standard InChI is InChI=1S/C13H19FNO2P/c1-12(2)9-17-18(16,13(3,4)15-12)11-7-5-10(14)6-8-11/h5-8,15H,9H2,1-4H3. The topological polar surface area (TPSA) is 38.3 Å². The first-order chi connectivity index (χ1) is 8.16. The van der Waals surface area contributed by atoms with E-state index < -0.39 is 12.6 Å². The van der Waals surface area contributed by atoms with Crippen LogP contribution in [0.25, 0.3) is 0 Å². The summed E-state index contributed by atoms with van der Waals surface area (Å²) in [6.07, 6.45) is 0. The van der Waals surface area contributed by atoms with E-state index in [0.29, 0.717) is 11.9 Å². The summed E-state index contributed by atoms with van der Waals surface area (Å²) in [5, 5.41) is 3.23. The second-order valence-electron chi connectivity index (χ2n) is 5.87. The van der Waals surface area contributed by atoms with Crippen LogP contribution in [0.5, 0.6) is 0 Å². The van der Waals surface area contributed by atoms with Crippen LogP contribution in [0.15, 0.2) is 24.3 Å². The molecule has 1 aliphatic heterocycles. The first-order valence-corrected chi connectivity index (χ1v) is 7.59. The molecule has 1 aromatic rings. The van der Waals surface area contributed by atoms with Crippen LogP contribution in [0.3, 0.4) is 0 Å². The number of benzene rings is 1. The number of rotatable bonds is 1. The van der Waals surface area contributed by atoms with E-state index in [-0.39, 0.29) is 11.4 Å². The molecule has 1 unspecified atom stereocenters. The van der Waals surface area contributed by atoms with Gasteiger partial charge in [0.15, 0.2) is 0 Å². The third-order valence-electron chi connectivity index (χ3n) is 3.15. The molecular formula is C13H19FNO2P. The van der Waals surface area contributed by atoms with Crippen LogP contribution in [0.2, 0.25) is 0 Å². The predicted octanol–water partition coefficient (Wildman–Crippen LogP) is 2.86. The van der Waals surface area contributed by atoms with Crippen LogP contribution < -0.4 is 10.6 Å². The second kappa shape index (κ2) is 4.16. The van der Waals surface area contributed by atoms with Crippen molar-refractivity contribution in [2.24, 2.45) is 0 Å². The van der Waals surface area contributed by atoms with Crippen molar-refractivity contribution in [1.82, 2.24) is 5.32 Å². The van der Waals surface area contributed by atoms with E-state index in [2.05, 4.69) is 5.32 Å². The van der Waals surface area contributed by atoms with Gasteiger partial charge in [-0.3, -0.25) is 9.88 Å². The number of nitrogens with one attached hydrogen (secondary N) is 1. The molecule has 0 amide bonds. The van der Waals surface area contributed by atoms with E-state index in [4.69, 9.17) is 4.52 Å². The molecule has 1 atom stereocenters. The van der Waals surface area contributed by atoms with Gasteiger partial charge in [-0.2, -0.15) is 0 Å². The Morgan fingerprint density at radius 2 is 1.78 bits per heavy atom. The molecule has 0 aromatic heterocycles. The fourth-order valence-electron chi connectivity index (χ4n) is 2.39. The molecule has 0 bridgehead atoms. The maximum absolute atomic E-state index is 13.1. The summed E-state index contributed by atoms with van der Waals surface area (Å²) in [5.74, 6) is -0.339. The average molecular weight is 271 g/mol. The maximum Gasteiger partial charge on any atom is 0.251 e. The second-order valence-corrected chi connectivity index (χ2v) is 8.86. The van der Waals surface area contributed by atoms with Gasteiger partial charge < -0.3 is 4.52 Å². The Kier molecular flexibility index (Phi) is 3.17. The molecule has 2 rings (SSSR count). The highest BCUT2D eigenvalue weighted by Gasteiger charge is 2.50. The lowest BCUT2D eigenvalue weighted by molar-refractivity contribution is 0.147. The van der Waals surface area contributed by atoms with Crippen LogP contribution >= 0.6 is 7.37 Å². The molecule has 0 spiro atoms. The summed E-state index contributed by atoms with van der Waals surface area (Å²) in [6.45, 7) is 8.09. The molecule has 1 aliphatic rings. The molecule has 1 saturated heterocycles. The molecule has 100 valence electrons. The summed E-state index contributed by atoms with van der Waals surface area (Å²) < 4.78 is 31.7. The zero-order valence-electron chi connectivity index (χ0n) is 11.2. The summed E-state index contributed by atoms with van der Waals surface area (Å²) in [4.78, 5) is 0. The van der Waals surface area contributed by atoms with Crippen molar-refractivity contribution in [2.75, 3.05) is 6.61 Å². The van der Waals surface area contributed by atoms with E-state index in [1.807, 2.05) is 27.7 Å². The maximum atomic E-state index is 13.1. The number of hydrogen-bond donors (Lipinski definition) is 1. The summed E-state index contributed by atoms with van der Waals surface area (Å²) >= 11 is 0. The van der Waals surface area contributed by atoms with Gasteiger partial charge in [0.2, 0.25) is 0 Å². The van der Waals surface area contributed by atoms with Crippen LogP contribution in [-0.2, 0) is 9.09 Å². The number of halogens is 1. The van der Waals surface area contributed by atoms with Crippen LogP contribution in [0.1, 0.15) is 27.7 Å². The van der Waals surface area contributed by atoms with Crippen molar-refractivity contribution >= 4 is 12.7 Å². The van der Waals surface area contributed by atoms with Gasteiger partial charge in [-0.05, 0) is 52.0 Å². The largest absolute Gasteiger partial charge is 0.322 e. The van der Waals surface area contributed by atoms with Crippen molar-refractivity contribution in [3.05, 3.63) is 30.1 Å². The van der Waals surface area contributed by atoms with E-state index in [9.17, 15) is 8.96 Å².